The quantitative estimate of drug-likeness (QED) is 0.153. The van der Waals surface area contributed by atoms with Crippen LogP contribution in [-0.2, 0) is 18.3 Å². The van der Waals surface area contributed by atoms with E-state index in [1.165, 1.54) is 94.8 Å². The third-order valence-corrected chi connectivity index (χ3v) is 11.5. The van der Waals surface area contributed by atoms with Crippen molar-refractivity contribution in [2.24, 2.45) is 0 Å². The second-order valence-corrected chi connectivity index (χ2v) is 14.8. The summed E-state index contributed by atoms with van der Waals surface area (Å²) in [5.74, 6) is 1.87. The fraction of sp³-hybridized carbons (Fsp3) is 0.327. The fourth-order valence-corrected chi connectivity index (χ4v) is 9.05. The molecule has 1 saturated carbocycles. The van der Waals surface area contributed by atoms with Gasteiger partial charge in [0.15, 0.2) is 0 Å². The molecule has 2 heteroatoms. The Labute approximate surface area is 305 Å². The van der Waals surface area contributed by atoms with Crippen molar-refractivity contribution in [1.29, 1.82) is 0 Å². The molecule has 0 bridgehead atoms. The molecule has 3 aliphatic rings. The highest BCUT2D eigenvalue weighted by Crippen LogP contribution is 2.60. The number of anilines is 1. The average Bonchev–Trinajstić information content (AvgIpc) is 3.42. The van der Waals surface area contributed by atoms with E-state index in [0.717, 1.165) is 56.7 Å². The molecule has 257 valence electrons. The molecule has 5 aromatic rings. The van der Waals surface area contributed by atoms with Gasteiger partial charge in [-0.1, -0.05) is 130 Å². The van der Waals surface area contributed by atoms with Gasteiger partial charge in [0, 0.05) is 41.2 Å². The van der Waals surface area contributed by atoms with Gasteiger partial charge < -0.3 is 9.64 Å². The maximum Gasteiger partial charge on any atom is 0.142 e. The van der Waals surface area contributed by atoms with Gasteiger partial charge in [-0.2, -0.15) is 0 Å². The summed E-state index contributed by atoms with van der Waals surface area (Å²) in [5, 5.41) is 2.49. The molecule has 1 heterocycles. The molecule has 1 radical (unpaired) electrons. The summed E-state index contributed by atoms with van der Waals surface area (Å²) in [5.41, 5.74) is 14.4. The summed E-state index contributed by atoms with van der Waals surface area (Å²) in [4.78, 5) is 2.44. The van der Waals surface area contributed by atoms with Crippen LogP contribution in [0.2, 0.25) is 0 Å². The Kier molecular flexibility index (Phi) is 9.96. The molecule has 0 aromatic heterocycles. The van der Waals surface area contributed by atoms with Crippen LogP contribution >= 0.6 is 0 Å². The highest BCUT2D eigenvalue weighted by molar-refractivity contribution is 6.08. The molecule has 5 aromatic carbocycles. The van der Waals surface area contributed by atoms with Crippen molar-refractivity contribution in [2.75, 3.05) is 18.0 Å². The van der Waals surface area contributed by atoms with E-state index in [0.29, 0.717) is 0 Å². The minimum atomic E-state index is -0.0291. The van der Waals surface area contributed by atoms with E-state index in [2.05, 4.69) is 139 Å². The molecular weight excluding hydrogens is 619 g/mol. The van der Waals surface area contributed by atoms with Gasteiger partial charge in [0.05, 0.1) is 0 Å². The Morgan fingerprint density at radius 2 is 1.55 bits per heavy atom. The topological polar surface area (TPSA) is 12.5 Å². The summed E-state index contributed by atoms with van der Waals surface area (Å²) in [6, 6.07) is 36.1. The Bertz CT molecular complexity index is 2060. The molecule has 0 atom stereocenters. The summed E-state index contributed by atoms with van der Waals surface area (Å²) in [6.07, 6.45) is 24.1. The van der Waals surface area contributed by atoms with Gasteiger partial charge in [-0.15, -0.1) is 5.73 Å². The van der Waals surface area contributed by atoms with Gasteiger partial charge in [0.2, 0.25) is 0 Å². The van der Waals surface area contributed by atoms with Crippen molar-refractivity contribution in [1.82, 2.24) is 0 Å². The van der Waals surface area contributed by atoms with Crippen molar-refractivity contribution in [3.63, 3.8) is 0 Å². The first-order valence-electron chi connectivity index (χ1n) is 19.5. The van der Waals surface area contributed by atoms with Crippen molar-refractivity contribution in [2.45, 2.75) is 89.4 Å². The van der Waals surface area contributed by atoms with E-state index in [-0.39, 0.29) is 5.41 Å². The van der Waals surface area contributed by atoms with Crippen LogP contribution in [0.4, 0.5) is 5.69 Å². The zero-order chi connectivity index (χ0) is 34.5. The molecule has 2 nitrogen and oxygen atoms in total. The van der Waals surface area contributed by atoms with Crippen LogP contribution in [0.3, 0.4) is 0 Å². The van der Waals surface area contributed by atoms with Gasteiger partial charge in [-0.25, -0.2) is 0 Å². The number of nitrogens with zero attached hydrogens (tertiary/aromatic N) is 1. The number of fused-ring (bicyclic) bond motifs is 7. The summed E-state index contributed by atoms with van der Waals surface area (Å²) in [6.45, 7) is 4.24. The second-order valence-electron chi connectivity index (χ2n) is 14.8. The number of allylic oxidation sites excluding steroid dienone is 1. The summed E-state index contributed by atoms with van der Waals surface area (Å²) >= 11 is 0. The minimum Gasteiger partial charge on any atom is -0.456 e. The van der Waals surface area contributed by atoms with Crippen LogP contribution in [0.5, 0.6) is 11.5 Å². The van der Waals surface area contributed by atoms with E-state index in [4.69, 9.17) is 4.74 Å². The average molecular weight is 669 g/mol. The predicted molar refractivity (Wildman–Crippen MR) is 215 cm³/mol. The number of hydrogen-bond acceptors (Lipinski definition) is 2. The predicted octanol–water partition coefficient (Wildman–Crippen LogP) is 13.0. The smallest absolute Gasteiger partial charge is 0.142 e. The van der Waals surface area contributed by atoms with Crippen LogP contribution in [-0.4, -0.2) is 13.1 Å². The Morgan fingerprint density at radius 3 is 2.35 bits per heavy atom. The van der Waals surface area contributed by atoms with Crippen LogP contribution in [0, 0.1) is 6.08 Å². The lowest BCUT2D eigenvalue weighted by atomic mass is 9.67. The number of ether oxygens (including phenoxy) is 1. The molecular formula is C49H50NO. The van der Waals surface area contributed by atoms with Crippen LogP contribution in [0.15, 0.2) is 115 Å². The van der Waals surface area contributed by atoms with E-state index >= 15 is 0 Å². The first kappa shape index (κ1) is 33.4. The third-order valence-electron chi connectivity index (χ3n) is 11.5. The first-order chi connectivity index (χ1) is 25.2. The van der Waals surface area contributed by atoms with E-state index in [9.17, 15) is 0 Å². The number of benzene rings is 5. The van der Waals surface area contributed by atoms with Gasteiger partial charge in [0.1, 0.15) is 11.5 Å². The molecule has 51 heavy (non-hydrogen) atoms. The SMILES string of the molecule is CCCc1ccc2c(c1)C1(CCCCCCC1)c1c(/C=C\Cc3ccccc3)c(Oc3ccc(N4CC[C]=C=CCC4)cc3)c3ccccc3c1-2. The van der Waals surface area contributed by atoms with Gasteiger partial charge in [0.25, 0.3) is 0 Å². The number of rotatable bonds is 8. The zero-order valence-corrected chi connectivity index (χ0v) is 30.2. The van der Waals surface area contributed by atoms with E-state index < -0.39 is 0 Å². The van der Waals surface area contributed by atoms with Crippen LogP contribution < -0.4 is 9.64 Å². The highest BCUT2D eigenvalue weighted by Gasteiger charge is 2.46. The van der Waals surface area contributed by atoms with Gasteiger partial charge in [-0.05, 0) is 108 Å². The van der Waals surface area contributed by atoms with Crippen molar-refractivity contribution < 1.29 is 4.74 Å². The van der Waals surface area contributed by atoms with Crippen molar-refractivity contribution in [3.8, 4) is 22.6 Å². The van der Waals surface area contributed by atoms with Crippen molar-refractivity contribution in [3.05, 3.63) is 149 Å². The van der Waals surface area contributed by atoms with Crippen molar-refractivity contribution >= 4 is 22.5 Å². The molecule has 1 fully saturated rings. The molecule has 0 amide bonds. The fourth-order valence-electron chi connectivity index (χ4n) is 9.05. The standard InChI is InChI=1S/C49H50NO/c1-2-19-38-26-31-43-45(36-38)49(32-14-5-3-6-15-33-49)47-44(25-18-22-37-20-10-9-11-21-37)48(42-24-13-12-23-41(42)46(43)47)51-40-29-27-39(28-30-40)50-34-16-7-4-8-17-35-50/h7,9-13,18,20-21,23-31,36H,2-3,5-6,14-17,19,22,32-35H2,1H3/b25-18-. The third kappa shape index (κ3) is 6.71. The van der Waals surface area contributed by atoms with Crippen LogP contribution in [0.25, 0.3) is 28.0 Å². The molecule has 2 aliphatic carbocycles. The maximum atomic E-state index is 7.19. The van der Waals surface area contributed by atoms with E-state index in [1.54, 1.807) is 5.56 Å². The normalized spacial score (nSPS) is 16.8. The Morgan fingerprint density at radius 1 is 0.784 bits per heavy atom. The minimum absolute atomic E-state index is 0.0291. The monoisotopic (exact) mass is 668 g/mol. The highest BCUT2D eigenvalue weighted by atomic mass is 16.5. The maximum absolute atomic E-state index is 7.19. The molecule has 0 saturated heterocycles. The summed E-state index contributed by atoms with van der Waals surface area (Å²) < 4.78 is 7.19. The zero-order valence-electron chi connectivity index (χ0n) is 30.2. The summed E-state index contributed by atoms with van der Waals surface area (Å²) in [7, 11) is 0. The first-order valence-corrected chi connectivity index (χ1v) is 19.5. The lowest BCUT2D eigenvalue weighted by Gasteiger charge is -2.36. The van der Waals surface area contributed by atoms with Gasteiger partial charge >= 0.3 is 0 Å². The Balaban J connectivity index is 1.31. The van der Waals surface area contributed by atoms with Gasteiger partial charge in [-0.3, -0.25) is 0 Å². The number of aryl methyl sites for hydroxylation is 1. The second kappa shape index (κ2) is 15.2. The number of hydrogen-bond donors (Lipinski definition) is 0. The lowest BCUT2D eigenvalue weighted by molar-refractivity contribution is 0.371. The Hall–Kier alpha value is -4.78. The van der Waals surface area contributed by atoms with Crippen LogP contribution in [0.1, 0.15) is 98.9 Å². The molecule has 8 rings (SSSR count). The largest absolute Gasteiger partial charge is 0.456 e. The molecule has 1 aliphatic heterocycles. The lowest BCUT2D eigenvalue weighted by Crippen LogP contribution is -2.27. The molecule has 1 spiro atoms. The molecule has 0 N–H and O–H groups in total. The van der Waals surface area contributed by atoms with E-state index in [1.807, 2.05) is 0 Å². The molecule has 0 unspecified atom stereocenters.